The van der Waals surface area contributed by atoms with Crippen LogP contribution in [0.3, 0.4) is 0 Å². The van der Waals surface area contributed by atoms with Gasteiger partial charge in [0.2, 0.25) is 5.91 Å². The van der Waals surface area contributed by atoms with Crippen molar-refractivity contribution in [3.05, 3.63) is 48.0 Å². The summed E-state index contributed by atoms with van der Waals surface area (Å²) in [5.74, 6) is 0.160. The monoisotopic (exact) mass is 269 g/mol. The van der Waals surface area contributed by atoms with Gasteiger partial charge in [-0.25, -0.2) is 0 Å². The Bertz CT molecular complexity index is 610. The minimum absolute atomic E-state index is 0.160. The lowest BCUT2D eigenvalue weighted by Gasteiger charge is -2.29. The molecule has 1 aliphatic heterocycles. The highest BCUT2D eigenvalue weighted by Gasteiger charge is 2.21. The third kappa shape index (κ3) is 2.68. The number of aliphatic hydroxyl groups is 1. The Labute approximate surface area is 118 Å². The molecule has 0 aromatic heterocycles. The summed E-state index contributed by atoms with van der Waals surface area (Å²) >= 11 is 0. The van der Waals surface area contributed by atoms with E-state index in [4.69, 9.17) is 0 Å². The van der Waals surface area contributed by atoms with E-state index >= 15 is 0 Å². The van der Waals surface area contributed by atoms with Crippen LogP contribution in [0.5, 0.6) is 0 Å². The Balaban J connectivity index is 1.77. The first-order valence-corrected chi connectivity index (χ1v) is 7.16. The predicted octanol–water partition coefficient (Wildman–Crippen LogP) is 2.37. The number of piperidine rings is 1. The van der Waals surface area contributed by atoms with Crippen molar-refractivity contribution in [2.75, 3.05) is 13.1 Å². The summed E-state index contributed by atoms with van der Waals surface area (Å²) in [6.45, 7) is 1.34. The summed E-state index contributed by atoms with van der Waals surface area (Å²) in [6, 6.07) is 14.3. The molecule has 1 saturated heterocycles. The number of aliphatic hydroxyl groups excluding tert-OH is 1. The lowest BCUT2D eigenvalue weighted by molar-refractivity contribution is -0.132. The van der Waals surface area contributed by atoms with E-state index in [0.29, 0.717) is 32.4 Å². The smallest absolute Gasteiger partial charge is 0.227 e. The van der Waals surface area contributed by atoms with Crippen LogP contribution in [-0.2, 0) is 11.2 Å². The maximum Gasteiger partial charge on any atom is 0.227 e. The second-order valence-corrected chi connectivity index (χ2v) is 5.43. The molecular formula is C17H19NO2. The number of benzene rings is 2. The zero-order valence-electron chi connectivity index (χ0n) is 11.5. The van der Waals surface area contributed by atoms with Crippen LogP contribution < -0.4 is 0 Å². The summed E-state index contributed by atoms with van der Waals surface area (Å²) in [5.41, 5.74) is 1.08. The topological polar surface area (TPSA) is 40.5 Å². The van der Waals surface area contributed by atoms with Gasteiger partial charge in [-0.3, -0.25) is 4.79 Å². The highest BCUT2D eigenvalue weighted by Crippen LogP contribution is 2.20. The summed E-state index contributed by atoms with van der Waals surface area (Å²) in [7, 11) is 0. The van der Waals surface area contributed by atoms with Crippen LogP contribution in [0.1, 0.15) is 18.4 Å². The number of nitrogens with zero attached hydrogens (tertiary/aromatic N) is 1. The molecule has 0 spiro atoms. The van der Waals surface area contributed by atoms with Gasteiger partial charge in [0.1, 0.15) is 0 Å². The van der Waals surface area contributed by atoms with Crippen molar-refractivity contribution >= 4 is 16.7 Å². The van der Waals surface area contributed by atoms with Crippen molar-refractivity contribution < 1.29 is 9.90 Å². The van der Waals surface area contributed by atoms with Gasteiger partial charge < -0.3 is 10.0 Å². The fourth-order valence-electron chi connectivity index (χ4n) is 2.84. The van der Waals surface area contributed by atoms with Crippen LogP contribution in [0.4, 0.5) is 0 Å². The van der Waals surface area contributed by atoms with Crippen molar-refractivity contribution in [1.82, 2.24) is 4.90 Å². The van der Waals surface area contributed by atoms with Gasteiger partial charge in [-0.15, -0.1) is 0 Å². The number of carbonyl (C=O) groups is 1. The Kier molecular flexibility index (Phi) is 3.70. The number of fused-ring (bicyclic) bond motifs is 1. The molecule has 1 fully saturated rings. The van der Waals surface area contributed by atoms with Crippen molar-refractivity contribution in [3.8, 4) is 0 Å². The molecule has 2 aromatic rings. The summed E-state index contributed by atoms with van der Waals surface area (Å²) in [4.78, 5) is 14.2. The largest absolute Gasteiger partial charge is 0.393 e. The molecule has 3 nitrogen and oxygen atoms in total. The lowest BCUT2D eigenvalue weighted by Crippen LogP contribution is -2.40. The second-order valence-electron chi connectivity index (χ2n) is 5.43. The van der Waals surface area contributed by atoms with Crippen LogP contribution in [0.2, 0.25) is 0 Å². The third-order valence-electron chi connectivity index (χ3n) is 4.04. The zero-order chi connectivity index (χ0) is 13.9. The minimum atomic E-state index is -0.239. The number of hydrogen-bond donors (Lipinski definition) is 1. The zero-order valence-corrected chi connectivity index (χ0v) is 11.5. The molecule has 1 heterocycles. The number of carbonyl (C=O) groups excluding carboxylic acids is 1. The number of likely N-dealkylation sites (tertiary alicyclic amines) is 1. The van der Waals surface area contributed by atoms with Gasteiger partial charge in [0.05, 0.1) is 12.5 Å². The highest BCUT2D eigenvalue weighted by molar-refractivity contribution is 5.90. The molecule has 0 saturated carbocycles. The molecule has 0 unspecified atom stereocenters. The molecule has 1 N–H and O–H groups in total. The molecule has 2 aromatic carbocycles. The van der Waals surface area contributed by atoms with E-state index in [2.05, 4.69) is 18.2 Å². The Morgan fingerprint density at radius 2 is 1.80 bits per heavy atom. The van der Waals surface area contributed by atoms with Gasteiger partial charge in [0, 0.05) is 13.1 Å². The van der Waals surface area contributed by atoms with Crippen molar-refractivity contribution in [3.63, 3.8) is 0 Å². The molecule has 3 heteroatoms. The van der Waals surface area contributed by atoms with Crippen LogP contribution in [0.15, 0.2) is 42.5 Å². The minimum Gasteiger partial charge on any atom is -0.393 e. The van der Waals surface area contributed by atoms with E-state index in [-0.39, 0.29) is 12.0 Å². The number of hydrogen-bond acceptors (Lipinski definition) is 2. The molecule has 0 atom stereocenters. The van der Waals surface area contributed by atoms with E-state index in [1.165, 1.54) is 5.39 Å². The third-order valence-corrected chi connectivity index (χ3v) is 4.04. The quantitative estimate of drug-likeness (QED) is 0.909. The van der Waals surface area contributed by atoms with Crippen LogP contribution in [0.25, 0.3) is 10.8 Å². The average Bonchev–Trinajstić information content (AvgIpc) is 2.48. The van der Waals surface area contributed by atoms with E-state index in [0.717, 1.165) is 10.9 Å². The van der Waals surface area contributed by atoms with Crippen LogP contribution >= 0.6 is 0 Å². The molecule has 1 aliphatic rings. The summed E-state index contributed by atoms with van der Waals surface area (Å²) in [6.07, 6.45) is 1.59. The molecule has 0 aliphatic carbocycles. The molecule has 20 heavy (non-hydrogen) atoms. The Morgan fingerprint density at radius 3 is 2.60 bits per heavy atom. The fraction of sp³-hybridized carbons (Fsp3) is 0.353. The van der Waals surface area contributed by atoms with E-state index in [9.17, 15) is 9.90 Å². The Hall–Kier alpha value is -1.87. The number of amides is 1. The summed E-state index contributed by atoms with van der Waals surface area (Å²) < 4.78 is 0. The summed E-state index contributed by atoms with van der Waals surface area (Å²) in [5, 5.41) is 11.8. The lowest BCUT2D eigenvalue weighted by atomic mass is 10.0. The molecule has 104 valence electrons. The number of rotatable bonds is 2. The van der Waals surface area contributed by atoms with Gasteiger partial charge in [0.15, 0.2) is 0 Å². The van der Waals surface area contributed by atoms with E-state index in [1.807, 2.05) is 29.2 Å². The molecule has 3 rings (SSSR count). The molecule has 0 radical (unpaired) electrons. The Morgan fingerprint density at radius 1 is 1.10 bits per heavy atom. The van der Waals surface area contributed by atoms with Gasteiger partial charge in [-0.05, 0) is 29.2 Å². The first-order valence-electron chi connectivity index (χ1n) is 7.16. The average molecular weight is 269 g/mol. The normalized spacial score (nSPS) is 16.6. The van der Waals surface area contributed by atoms with Crippen LogP contribution in [0, 0.1) is 0 Å². The molecule has 1 amide bonds. The van der Waals surface area contributed by atoms with E-state index < -0.39 is 0 Å². The van der Waals surface area contributed by atoms with Gasteiger partial charge >= 0.3 is 0 Å². The second kappa shape index (κ2) is 5.63. The van der Waals surface area contributed by atoms with E-state index in [1.54, 1.807) is 0 Å². The SMILES string of the molecule is O=C(Cc1cccc2ccccc12)N1CCC(O)CC1. The first kappa shape index (κ1) is 13.1. The van der Waals surface area contributed by atoms with Crippen molar-refractivity contribution in [2.24, 2.45) is 0 Å². The highest BCUT2D eigenvalue weighted by atomic mass is 16.3. The maximum absolute atomic E-state index is 12.4. The first-order chi connectivity index (χ1) is 9.74. The predicted molar refractivity (Wildman–Crippen MR) is 79.5 cm³/mol. The van der Waals surface area contributed by atoms with Gasteiger partial charge in [-0.2, -0.15) is 0 Å². The van der Waals surface area contributed by atoms with Gasteiger partial charge in [0.25, 0.3) is 0 Å². The molecular weight excluding hydrogens is 250 g/mol. The van der Waals surface area contributed by atoms with Gasteiger partial charge in [-0.1, -0.05) is 42.5 Å². The fourth-order valence-corrected chi connectivity index (χ4v) is 2.84. The van der Waals surface area contributed by atoms with Crippen molar-refractivity contribution in [1.29, 1.82) is 0 Å². The maximum atomic E-state index is 12.4. The molecule has 0 bridgehead atoms. The standard InChI is InChI=1S/C17H19NO2/c19-15-8-10-18(11-9-15)17(20)12-14-6-3-5-13-4-1-2-7-16(13)14/h1-7,15,19H,8-12H2. The van der Waals surface area contributed by atoms with Crippen molar-refractivity contribution in [2.45, 2.75) is 25.4 Å². The van der Waals surface area contributed by atoms with Crippen LogP contribution in [-0.4, -0.2) is 35.1 Å².